The number of hydrogen-bond donors (Lipinski definition) is 0. The molecule has 0 spiro atoms. The summed E-state index contributed by atoms with van der Waals surface area (Å²) in [6.07, 6.45) is 1.75. The Morgan fingerprint density at radius 1 is 1.35 bits per heavy atom. The van der Waals surface area contributed by atoms with Crippen LogP contribution in [0.5, 0.6) is 0 Å². The Kier molecular flexibility index (Phi) is 6.19. The van der Waals surface area contributed by atoms with Crippen LogP contribution in [-0.2, 0) is 6.54 Å². The van der Waals surface area contributed by atoms with Crippen LogP contribution in [0.1, 0.15) is 26.2 Å². The Labute approximate surface area is 139 Å². The van der Waals surface area contributed by atoms with Crippen LogP contribution in [0.4, 0.5) is 0 Å². The molecule has 0 fully saturated rings. The van der Waals surface area contributed by atoms with Gasteiger partial charge in [0, 0.05) is 18.7 Å². The van der Waals surface area contributed by atoms with Gasteiger partial charge in [0.1, 0.15) is 0 Å². The molecule has 23 heavy (non-hydrogen) atoms. The van der Waals surface area contributed by atoms with Crippen LogP contribution in [0, 0.1) is 28.6 Å². The predicted molar refractivity (Wildman–Crippen MR) is 91.0 cm³/mol. The molecule has 0 radical (unpaired) electrons. The normalized spacial score (nSPS) is 11.8. The summed E-state index contributed by atoms with van der Waals surface area (Å²) in [5.41, 5.74) is 0.642. The fourth-order valence-electron chi connectivity index (χ4n) is 2.28. The summed E-state index contributed by atoms with van der Waals surface area (Å²) < 4.78 is 1.69. The minimum absolute atomic E-state index is 0.0366. The fraction of sp³-hybridized carbons (Fsp3) is 0.412. The first kappa shape index (κ1) is 17.1. The van der Waals surface area contributed by atoms with E-state index in [0.29, 0.717) is 41.2 Å². The highest BCUT2D eigenvalue weighted by Gasteiger charge is 2.14. The van der Waals surface area contributed by atoms with E-state index in [-0.39, 0.29) is 11.5 Å². The molecule has 1 atom stereocenters. The van der Waals surface area contributed by atoms with Crippen LogP contribution in [0.2, 0.25) is 0 Å². The zero-order valence-electron chi connectivity index (χ0n) is 13.0. The van der Waals surface area contributed by atoms with Gasteiger partial charge in [-0.2, -0.15) is 10.5 Å². The zero-order valence-corrected chi connectivity index (χ0v) is 13.8. The van der Waals surface area contributed by atoms with E-state index in [1.807, 2.05) is 25.1 Å². The van der Waals surface area contributed by atoms with Crippen LogP contribution in [0.15, 0.2) is 34.2 Å². The maximum Gasteiger partial charge on any atom is 0.262 e. The summed E-state index contributed by atoms with van der Waals surface area (Å²) in [5.74, 6) is 0.324. The fourth-order valence-corrected chi connectivity index (χ4v) is 3.36. The van der Waals surface area contributed by atoms with E-state index >= 15 is 0 Å². The second-order valence-corrected chi connectivity index (χ2v) is 6.19. The molecule has 0 saturated heterocycles. The monoisotopic (exact) mass is 326 g/mol. The maximum absolute atomic E-state index is 12.6. The van der Waals surface area contributed by atoms with E-state index in [9.17, 15) is 4.79 Å². The molecule has 0 aliphatic heterocycles. The third kappa shape index (κ3) is 4.12. The van der Waals surface area contributed by atoms with Crippen molar-refractivity contribution in [3.8, 4) is 12.1 Å². The third-order valence-corrected chi connectivity index (χ3v) is 4.61. The van der Waals surface area contributed by atoms with Crippen LogP contribution in [-0.4, -0.2) is 15.3 Å². The minimum Gasteiger partial charge on any atom is -0.287 e. The quantitative estimate of drug-likeness (QED) is 0.575. The molecule has 0 aliphatic rings. The van der Waals surface area contributed by atoms with Crippen molar-refractivity contribution in [1.29, 1.82) is 10.5 Å². The number of rotatable bonds is 7. The van der Waals surface area contributed by atoms with E-state index < -0.39 is 0 Å². The van der Waals surface area contributed by atoms with Gasteiger partial charge in [-0.05, 0) is 25.0 Å². The number of fused-ring (bicyclic) bond motifs is 1. The van der Waals surface area contributed by atoms with E-state index in [4.69, 9.17) is 10.5 Å². The van der Waals surface area contributed by atoms with E-state index in [1.165, 1.54) is 11.8 Å². The topological polar surface area (TPSA) is 82.5 Å². The second-order valence-electron chi connectivity index (χ2n) is 5.20. The zero-order chi connectivity index (χ0) is 16.7. The molecule has 1 heterocycles. The van der Waals surface area contributed by atoms with E-state index in [0.717, 1.165) is 6.42 Å². The smallest absolute Gasteiger partial charge is 0.262 e. The number of para-hydroxylation sites is 1. The highest BCUT2D eigenvalue weighted by molar-refractivity contribution is 7.99. The molecule has 0 unspecified atom stereocenters. The molecule has 0 N–H and O–H groups in total. The van der Waals surface area contributed by atoms with Crippen LogP contribution >= 0.6 is 11.8 Å². The molecule has 2 aromatic rings. The Hall–Kier alpha value is -2.31. The molecule has 5 nitrogen and oxygen atoms in total. The van der Waals surface area contributed by atoms with Gasteiger partial charge in [0.2, 0.25) is 0 Å². The molecular weight excluding hydrogens is 308 g/mol. The van der Waals surface area contributed by atoms with Gasteiger partial charge in [-0.1, -0.05) is 30.8 Å². The van der Waals surface area contributed by atoms with Crippen molar-refractivity contribution < 1.29 is 0 Å². The first-order valence-electron chi connectivity index (χ1n) is 7.60. The Morgan fingerprint density at radius 2 is 2.13 bits per heavy atom. The summed E-state index contributed by atoms with van der Waals surface area (Å²) in [7, 11) is 0. The van der Waals surface area contributed by atoms with Crippen LogP contribution in [0.25, 0.3) is 10.9 Å². The first-order valence-corrected chi connectivity index (χ1v) is 8.58. The molecule has 0 saturated carbocycles. The van der Waals surface area contributed by atoms with Crippen molar-refractivity contribution >= 4 is 22.7 Å². The van der Waals surface area contributed by atoms with Gasteiger partial charge in [-0.15, -0.1) is 0 Å². The van der Waals surface area contributed by atoms with Gasteiger partial charge in [0.15, 0.2) is 5.16 Å². The Bertz CT molecular complexity index is 816. The van der Waals surface area contributed by atoms with Gasteiger partial charge >= 0.3 is 0 Å². The molecule has 1 aromatic heterocycles. The number of nitrogens with zero attached hydrogens (tertiary/aromatic N) is 4. The molecule has 2 rings (SSSR count). The molecule has 0 bridgehead atoms. The van der Waals surface area contributed by atoms with E-state index in [2.05, 4.69) is 17.1 Å². The van der Waals surface area contributed by atoms with Crippen molar-refractivity contribution in [2.24, 2.45) is 5.92 Å². The number of hydrogen-bond acceptors (Lipinski definition) is 5. The third-order valence-electron chi connectivity index (χ3n) is 3.47. The second kappa shape index (κ2) is 8.36. The summed E-state index contributed by atoms with van der Waals surface area (Å²) in [6.45, 7) is 2.62. The first-order chi connectivity index (χ1) is 11.2. The van der Waals surface area contributed by atoms with Gasteiger partial charge in [0.05, 0.1) is 29.0 Å². The lowest BCUT2D eigenvalue weighted by Gasteiger charge is -2.13. The molecular formula is C17H18N4OS. The number of nitriles is 2. The lowest BCUT2D eigenvalue weighted by atomic mass is 10.1. The van der Waals surface area contributed by atoms with Gasteiger partial charge < -0.3 is 0 Å². The average Bonchev–Trinajstić information content (AvgIpc) is 2.58. The van der Waals surface area contributed by atoms with Gasteiger partial charge in [-0.25, -0.2) is 4.98 Å². The van der Waals surface area contributed by atoms with Crippen molar-refractivity contribution in [2.45, 2.75) is 37.9 Å². The molecule has 1 aromatic carbocycles. The molecule has 0 amide bonds. The Morgan fingerprint density at radius 3 is 2.83 bits per heavy atom. The highest BCUT2D eigenvalue weighted by Crippen LogP contribution is 2.22. The summed E-state index contributed by atoms with van der Waals surface area (Å²) in [5, 5.41) is 19.1. The van der Waals surface area contributed by atoms with Crippen LogP contribution in [0.3, 0.4) is 0 Å². The van der Waals surface area contributed by atoms with Crippen molar-refractivity contribution in [3.63, 3.8) is 0 Å². The lowest BCUT2D eigenvalue weighted by Crippen LogP contribution is -2.23. The lowest BCUT2D eigenvalue weighted by molar-refractivity contribution is 0.583. The standard InChI is InChI=1S/C17H18N4OS/c1-2-10-21-16(22)14-7-3-4-8-15(14)20-17(21)23-12-13(11-19)6-5-9-18/h3-4,7-8,13H,2,5-6,10,12H2,1H3/t13-/m0/s1. The number of thioether (sulfide) groups is 1. The Balaban J connectivity index is 2.32. The number of aromatic nitrogens is 2. The predicted octanol–water partition coefficient (Wildman–Crippen LogP) is 3.34. The van der Waals surface area contributed by atoms with Gasteiger partial charge in [0.25, 0.3) is 5.56 Å². The minimum atomic E-state index is -0.210. The molecule has 0 aliphatic carbocycles. The van der Waals surface area contributed by atoms with Crippen LogP contribution < -0.4 is 5.56 Å². The summed E-state index contributed by atoms with van der Waals surface area (Å²) in [4.78, 5) is 17.2. The highest BCUT2D eigenvalue weighted by atomic mass is 32.2. The summed E-state index contributed by atoms with van der Waals surface area (Å²) >= 11 is 1.42. The van der Waals surface area contributed by atoms with Crippen molar-refractivity contribution in [1.82, 2.24) is 9.55 Å². The number of benzene rings is 1. The van der Waals surface area contributed by atoms with Gasteiger partial charge in [-0.3, -0.25) is 9.36 Å². The largest absolute Gasteiger partial charge is 0.287 e. The van der Waals surface area contributed by atoms with Crippen molar-refractivity contribution in [3.05, 3.63) is 34.6 Å². The van der Waals surface area contributed by atoms with Crippen molar-refractivity contribution in [2.75, 3.05) is 5.75 Å². The molecule has 6 heteroatoms. The average molecular weight is 326 g/mol. The molecule has 118 valence electrons. The maximum atomic E-state index is 12.6. The summed E-state index contributed by atoms with van der Waals surface area (Å²) in [6, 6.07) is 11.6. The SMILES string of the molecule is CCCn1c(SC[C@H](C#N)CCC#N)nc2ccccc2c1=O. The van der Waals surface area contributed by atoms with E-state index in [1.54, 1.807) is 10.6 Å².